The number of pyridine rings is 1. The van der Waals surface area contributed by atoms with E-state index in [9.17, 15) is 4.79 Å². The summed E-state index contributed by atoms with van der Waals surface area (Å²) >= 11 is 0. The fourth-order valence-corrected chi connectivity index (χ4v) is 1.69. The van der Waals surface area contributed by atoms with Crippen LogP contribution in [0, 0.1) is 0 Å². The molecule has 0 saturated carbocycles. The molecular formula is C14H19N5O. The van der Waals surface area contributed by atoms with Gasteiger partial charge in [-0.2, -0.15) is 5.10 Å². The predicted molar refractivity (Wildman–Crippen MR) is 79.2 cm³/mol. The molecule has 0 fully saturated rings. The number of nitrogens with zero attached hydrogens (tertiary/aromatic N) is 3. The third-order valence-electron chi connectivity index (χ3n) is 2.93. The minimum absolute atomic E-state index is 0.197. The van der Waals surface area contributed by atoms with Crippen LogP contribution in [-0.4, -0.2) is 35.2 Å². The first kappa shape index (κ1) is 14.0. The zero-order valence-corrected chi connectivity index (χ0v) is 12.1. The van der Waals surface area contributed by atoms with Crippen molar-refractivity contribution < 1.29 is 4.79 Å². The minimum Gasteiger partial charge on any atom is -0.363 e. The molecule has 0 radical (unpaired) electrons. The van der Waals surface area contributed by atoms with Gasteiger partial charge in [-0.1, -0.05) is 13.8 Å². The van der Waals surface area contributed by atoms with Gasteiger partial charge in [0.2, 0.25) is 0 Å². The standard InChI is InChI=1S/C14H19N5O/c1-9(2)11-8-12(18-17-11)16-14(20)10-5-6-15-13(7-10)19(3)4/h5-9H,1-4H3,(H2,16,17,18,20). The molecule has 0 bridgehead atoms. The first-order chi connectivity index (χ1) is 9.47. The number of hydrogen-bond donors (Lipinski definition) is 2. The Morgan fingerprint density at radius 3 is 2.70 bits per heavy atom. The zero-order valence-electron chi connectivity index (χ0n) is 12.1. The molecule has 0 saturated heterocycles. The largest absolute Gasteiger partial charge is 0.363 e. The second-order valence-corrected chi connectivity index (χ2v) is 5.11. The maximum atomic E-state index is 12.2. The third-order valence-corrected chi connectivity index (χ3v) is 2.93. The van der Waals surface area contributed by atoms with E-state index in [2.05, 4.69) is 34.3 Å². The van der Waals surface area contributed by atoms with E-state index in [4.69, 9.17) is 0 Å². The Labute approximate surface area is 118 Å². The number of nitrogens with one attached hydrogen (secondary N) is 2. The Balaban J connectivity index is 2.13. The SMILES string of the molecule is CC(C)c1cc(NC(=O)c2ccnc(N(C)C)c2)n[nH]1. The summed E-state index contributed by atoms with van der Waals surface area (Å²) in [5.41, 5.74) is 1.54. The van der Waals surface area contributed by atoms with Crippen LogP contribution in [0.1, 0.15) is 35.8 Å². The van der Waals surface area contributed by atoms with Gasteiger partial charge in [0, 0.05) is 37.6 Å². The maximum Gasteiger partial charge on any atom is 0.257 e. The predicted octanol–water partition coefficient (Wildman–Crippen LogP) is 2.25. The highest BCUT2D eigenvalue weighted by Crippen LogP contribution is 2.16. The van der Waals surface area contributed by atoms with Gasteiger partial charge in [0.05, 0.1) is 0 Å². The fraction of sp³-hybridized carbons (Fsp3) is 0.357. The van der Waals surface area contributed by atoms with Crippen LogP contribution in [0.3, 0.4) is 0 Å². The number of carbonyl (C=O) groups excluding carboxylic acids is 1. The number of carbonyl (C=O) groups is 1. The van der Waals surface area contributed by atoms with Crippen molar-refractivity contribution in [2.45, 2.75) is 19.8 Å². The molecule has 2 heterocycles. The molecule has 1 amide bonds. The van der Waals surface area contributed by atoms with Crippen LogP contribution < -0.4 is 10.2 Å². The first-order valence-electron chi connectivity index (χ1n) is 6.47. The molecule has 0 aliphatic rings. The summed E-state index contributed by atoms with van der Waals surface area (Å²) in [6.07, 6.45) is 1.62. The van der Waals surface area contributed by atoms with E-state index in [0.717, 1.165) is 11.5 Å². The lowest BCUT2D eigenvalue weighted by Crippen LogP contribution is -2.15. The van der Waals surface area contributed by atoms with E-state index >= 15 is 0 Å². The summed E-state index contributed by atoms with van der Waals surface area (Å²) in [6, 6.07) is 5.26. The van der Waals surface area contributed by atoms with Crippen molar-refractivity contribution in [2.24, 2.45) is 0 Å². The van der Waals surface area contributed by atoms with Gasteiger partial charge in [-0.25, -0.2) is 4.98 Å². The van der Waals surface area contributed by atoms with Crippen LogP contribution in [0.5, 0.6) is 0 Å². The Hall–Kier alpha value is -2.37. The van der Waals surface area contributed by atoms with E-state index in [1.165, 1.54) is 0 Å². The second kappa shape index (κ2) is 5.73. The van der Waals surface area contributed by atoms with Gasteiger partial charge in [-0.05, 0) is 18.1 Å². The topological polar surface area (TPSA) is 73.9 Å². The van der Waals surface area contributed by atoms with Gasteiger partial charge in [0.1, 0.15) is 5.82 Å². The molecule has 2 aromatic heterocycles. The van der Waals surface area contributed by atoms with Crippen molar-refractivity contribution >= 4 is 17.5 Å². The molecule has 2 rings (SSSR count). The molecule has 0 aliphatic heterocycles. The molecule has 106 valence electrons. The smallest absolute Gasteiger partial charge is 0.257 e. The van der Waals surface area contributed by atoms with E-state index in [1.807, 2.05) is 25.1 Å². The van der Waals surface area contributed by atoms with E-state index in [-0.39, 0.29) is 5.91 Å². The molecule has 0 aliphatic carbocycles. The lowest BCUT2D eigenvalue weighted by atomic mass is 10.1. The van der Waals surface area contributed by atoms with Crippen molar-refractivity contribution in [3.63, 3.8) is 0 Å². The Morgan fingerprint density at radius 2 is 2.10 bits per heavy atom. The van der Waals surface area contributed by atoms with Gasteiger partial charge in [-0.3, -0.25) is 9.89 Å². The number of rotatable bonds is 4. The van der Waals surface area contributed by atoms with E-state index < -0.39 is 0 Å². The summed E-state index contributed by atoms with van der Waals surface area (Å²) in [4.78, 5) is 18.2. The van der Waals surface area contributed by atoms with Crippen LogP contribution in [0.25, 0.3) is 0 Å². The summed E-state index contributed by atoms with van der Waals surface area (Å²) in [6.45, 7) is 4.12. The highest BCUT2D eigenvalue weighted by molar-refractivity contribution is 6.04. The molecule has 0 atom stereocenters. The number of hydrogen-bond acceptors (Lipinski definition) is 4. The van der Waals surface area contributed by atoms with Crippen LogP contribution in [0.15, 0.2) is 24.4 Å². The summed E-state index contributed by atoms with van der Waals surface area (Å²) in [5, 5.41) is 9.76. The molecule has 6 heteroatoms. The number of aromatic amines is 1. The molecule has 2 N–H and O–H groups in total. The van der Waals surface area contributed by atoms with E-state index in [0.29, 0.717) is 17.3 Å². The molecule has 0 spiro atoms. The minimum atomic E-state index is -0.197. The highest BCUT2D eigenvalue weighted by Gasteiger charge is 2.11. The molecular weight excluding hydrogens is 254 g/mol. The van der Waals surface area contributed by atoms with Crippen molar-refractivity contribution in [1.29, 1.82) is 0 Å². The molecule has 20 heavy (non-hydrogen) atoms. The number of anilines is 2. The maximum absolute atomic E-state index is 12.2. The zero-order chi connectivity index (χ0) is 14.7. The third kappa shape index (κ3) is 3.14. The first-order valence-corrected chi connectivity index (χ1v) is 6.47. The van der Waals surface area contributed by atoms with Crippen molar-refractivity contribution in [3.8, 4) is 0 Å². The lowest BCUT2D eigenvalue weighted by Gasteiger charge is -2.11. The van der Waals surface area contributed by atoms with Crippen molar-refractivity contribution in [1.82, 2.24) is 15.2 Å². The summed E-state index contributed by atoms with van der Waals surface area (Å²) in [5.74, 6) is 1.41. The molecule has 2 aromatic rings. The number of amides is 1. The molecule has 0 aromatic carbocycles. The van der Waals surface area contributed by atoms with Crippen molar-refractivity contribution in [2.75, 3.05) is 24.3 Å². The monoisotopic (exact) mass is 273 g/mol. The van der Waals surface area contributed by atoms with Gasteiger partial charge in [-0.15, -0.1) is 0 Å². The second-order valence-electron chi connectivity index (χ2n) is 5.11. The highest BCUT2D eigenvalue weighted by atomic mass is 16.1. The van der Waals surface area contributed by atoms with Crippen LogP contribution in [-0.2, 0) is 0 Å². The van der Waals surface area contributed by atoms with Gasteiger partial charge in [0.15, 0.2) is 5.82 Å². The Morgan fingerprint density at radius 1 is 1.35 bits per heavy atom. The quantitative estimate of drug-likeness (QED) is 0.896. The average Bonchev–Trinajstić information content (AvgIpc) is 2.87. The lowest BCUT2D eigenvalue weighted by molar-refractivity contribution is 0.102. The van der Waals surface area contributed by atoms with Crippen LogP contribution >= 0.6 is 0 Å². The van der Waals surface area contributed by atoms with Crippen LogP contribution in [0.2, 0.25) is 0 Å². The normalized spacial score (nSPS) is 10.7. The van der Waals surface area contributed by atoms with Crippen LogP contribution in [0.4, 0.5) is 11.6 Å². The Kier molecular flexibility index (Phi) is 4.02. The average molecular weight is 273 g/mol. The van der Waals surface area contributed by atoms with Gasteiger partial charge < -0.3 is 10.2 Å². The van der Waals surface area contributed by atoms with Crippen molar-refractivity contribution in [3.05, 3.63) is 35.7 Å². The Bertz CT molecular complexity index is 603. The fourth-order valence-electron chi connectivity index (χ4n) is 1.69. The van der Waals surface area contributed by atoms with E-state index in [1.54, 1.807) is 18.3 Å². The number of aromatic nitrogens is 3. The number of H-pyrrole nitrogens is 1. The summed E-state index contributed by atoms with van der Waals surface area (Å²) < 4.78 is 0. The molecule has 0 unspecified atom stereocenters. The van der Waals surface area contributed by atoms with Gasteiger partial charge in [0.25, 0.3) is 5.91 Å². The van der Waals surface area contributed by atoms with Gasteiger partial charge >= 0.3 is 0 Å². The molecule has 6 nitrogen and oxygen atoms in total. The summed E-state index contributed by atoms with van der Waals surface area (Å²) in [7, 11) is 3.76.